The average molecular weight is 240 g/mol. The molecule has 1 aliphatic rings. The van der Waals surface area contributed by atoms with E-state index in [9.17, 15) is 0 Å². The van der Waals surface area contributed by atoms with Gasteiger partial charge in [0.2, 0.25) is 0 Å². The number of nitrogens with one attached hydrogen (secondary N) is 1. The summed E-state index contributed by atoms with van der Waals surface area (Å²) in [6, 6.07) is 8.89. The summed E-state index contributed by atoms with van der Waals surface area (Å²) in [6.45, 7) is 6.60. The second-order valence-electron chi connectivity index (χ2n) is 5.42. The molecule has 0 atom stereocenters. The molecule has 0 saturated carbocycles. The first-order valence-corrected chi connectivity index (χ1v) is 6.88. The van der Waals surface area contributed by atoms with E-state index in [0.29, 0.717) is 5.92 Å². The van der Waals surface area contributed by atoms with Crippen molar-refractivity contribution < 1.29 is 0 Å². The van der Waals surface area contributed by atoms with Crippen LogP contribution in [0.1, 0.15) is 36.6 Å². The van der Waals surface area contributed by atoms with Crippen molar-refractivity contribution in [1.29, 1.82) is 0 Å². The van der Waals surface area contributed by atoms with Gasteiger partial charge in [0.05, 0.1) is 5.52 Å². The Bertz CT molecular complexity index is 573. The summed E-state index contributed by atoms with van der Waals surface area (Å²) >= 11 is 0. The molecular formula is C16H20N2. The molecule has 0 unspecified atom stereocenters. The summed E-state index contributed by atoms with van der Waals surface area (Å²) in [7, 11) is 0. The molecule has 2 heteroatoms. The third-order valence-corrected chi connectivity index (χ3v) is 3.78. The van der Waals surface area contributed by atoms with Gasteiger partial charge in [0.15, 0.2) is 0 Å². The largest absolute Gasteiger partial charge is 0.316 e. The van der Waals surface area contributed by atoms with Gasteiger partial charge in [-0.1, -0.05) is 32.0 Å². The van der Waals surface area contributed by atoms with Gasteiger partial charge in [-0.15, -0.1) is 0 Å². The van der Waals surface area contributed by atoms with Gasteiger partial charge in [0, 0.05) is 24.0 Å². The first kappa shape index (κ1) is 11.7. The highest BCUT2D eigenvalue weighted by molar-refractivity contribution is 5.83. The smallest absolute Gasteiger partial charge is 0.0740 e. The van der Waals surface area contributed by atoms with Crippen LogP contribution in [-0.2, 0) is 12.8 Å². The van der Waals surface area contributed by atoms with Crippen LogP contribution in [0.25, 0.3) is 10.9 Å². The van der Waals surface area contributed by atoms with E-state index in [-0.39, 0.29) is 0 Å². The number of fused-ring (bicyclic) bond motifs is 2. The third kappa shape index (κ3) is 2.01. The maximum Gasteiger partial charge on any atom is 0.0740 e. The molecule has 1 aliphatic heterocycles. The highest BCUT2D eigenvalue weighted by Gasteiger charge is 2.13. The summed E-state index contributed by atoms with van der Waals surface area (Å²) in [5.74, 6) is 0.531. The fourth-order valence-electron chi connectivity index (χ4n) is 2.76. The minimum Gasteiger partial charge on any atom is -0.316 e. The highest BCUT2D eigenvalue weighted by atomic mass is 14.9. The van der Waals surface area contributed by atoms with E-state index in [1.807, 2.05) is 0 Å². The molecule has 0 radical (unpaired) electrons. The van der Waals surface area contributed by atoms with Crippen LogP contribution >= 0.6 is 0 Å². The maximum absolute atomic E-state index is 4.96. The molecule has 0 fully saturated rings. The fraction of sp³-hybridized carbons (Fsp3) is 0.438. The Labute approximate surface area is 108 Å². The lowest BCUT2D eigenvalue weighted by atomic mass is 9.97. The normalized spacial score (nSPS) is 15.7. The van der Waals surface area contributed by atoms with Gasteiger partial charge < -0.3 is 5.32 Å². The van der Waals surface area contributed by atoms with Crippen LogP contribution < -0.4 is 5.32 Å². The minimum atomic E-state index is 0.531. The molecule has 0 saturated heterocycles. The van der Waals surface area contributed by atoms with Crippen molar-refractivity contribution in [3.8, 4) is 0 Å². The highest BCUT2D eigenvalue weighted by Crippen LogP contribution is 2.26. The molecule has 0 amide bonds. The van der Waals surface area contributed by atoms with Crippen molar-refractivity contribution in [2.75, 3.05) is 13.1 Å². The van der Waals surface area contributed by atoms with E-state index in [1.54, 1.807) is 0 Å². The molecule has 2 heterocycles. The monoisotopic (exact) mass is 240 g/mol. The summed E-state index contributed by atoms with van der Waals surface area (Å²) in [5, 5.41) is 4.74. The quantitative estimate of drug-likeness (QED) is 0.828. The molecule has 2 nitrogen and oxygen atoms in total. The van der Waals surface area contributed by atoms with Gasteiger partial charge in [0.1, 0.15) is 0 Å². The van der Waals surface area contributed by atoms with E-state index >= 15 is 0 Å². The molecule has 2 aromatic rings. The van der Waals surface area contributed by atoms with Gasteiger partial charge in [0.25, 0.3) is 0 Å². The van der Waals surface area contributed by atoms with E-state index in [4.69, 9.17) is 4.98 Å². The molecule has 18 heavy (non-hydrogen) atoms. The Hall–Kier alpha value is -1.41. The number of hydrogen-bond acceptors (Lipinski definition) is 2. The van der Waals surface area contributed by atoms with Gasteiger partial charge in [-0.3, -0.25) is 4.98 Å². The standard InChI is InChI=1S/C16H20N2/c1-11(2)14-5-3-4-13-10-12-6-8-17-9-7-15(12)18-16(13)14/h3-5,10-11,17H,6-9H2,1-2H3. The van der Waals surface area contributed by atoms with Gasteiger partial charge in [-0.05, 0) is 36.1 Å². The van der Waals surface area contributed by atoms with E-state index in [2.05, 4.69) is 43.4 Å². The maximum atomic E-state index is 4.96. The second-order valence-corrected chi connectivity index (χ2v) is 5.42. The number of nitrogens with zero attached hydrogens (tertiary/aromatic N) is 1. The number of benzene rings is 1. The Kier molecular flexibility index (Phi) is 3.04. The number of hydrogen-bond donors (Lipinski definition) is 1. The van der Waals surface area contributed by atoms with E-state index in [0.717, 1.165) is 25.9 Å². The van der Waals surface area contributed by atoms with Crippen LogP contribution in [0.5, 0.6) is 0 Å². The lowest BCUT2D eigenvalue weighted by molar-refractivity contribution is 0.708. The lowest BCUT2D eigenvalue weighted by Gasteiger charge is -2.12. The molecule has 3 rings (SSSR count). The number of aromatic nitrogens is 1. The summed E-state index contributed by atoms with van der Waals surface area (Å²) in [5.41, 5.74) is 5.29. The lowest BCUT2D eigenvalue weighted by Crippen LogP contribution is -2.16. The van der Waals surface area contributed by atoms with E-state index in [1.165, 1.54) is 27.7 Å². The number of para-hydroxylation sites is 1. The SMILES string of the molecule is CC(C)c1cccc2cc3c(nc12)CCNCC3. The molecule has 1 aromatic heterocycles. The summed E-state index contributed by atoms with van der Waals surface area (Å²) in [6.07, 6.45) is 2.15. The average Bonchev–Trinajstić information content (AvgIpc) is 2.59. The first-order chi connectivity index (χ1) is 8.75. The van der Waals surface area contributed by atoms with Gasteiger partial charge >= 0.3 is 0 Å². The zero-order valence-corrected chi connectivity index (χ0v) is 11.2. The van der Waals surface area contributed by atoms with Crippen molar-refractivity contribution >= 4 is 10.9 Å². The molecule has 94 valence electrons. The van der Waals surface area contributed by atoms with Crippen molar-refractivity contribution in [3.05, 3.63) is 41.1 Å². The molecule has 1 aromatic carbocycles. The number of rotatable bonds is 1. The van der Waals surface area contributed by atoms with Crippen LogP contribution in [0.3, 0.4) is 0 Å². The summed E-state index contributed by atoms with van der Waals surface area (Å²) in [4.78, 5) is 4.96. The zero-order valence-electron chi connectivity index (χ0n) is 11.2. The topological polar surface area (TPSA) is 24.9 Å². The zero-order chi connectivity index (χ0) is 12.5. The fourth-order valence-corrected chi connectivity index (χ4v) is 2.76. The Morgan fingerprint density at radius 1 is 1.17 bits per heavy atom. The number of pyridine rings is 1. The van der Waals surface area contributed by atoms with Crippen molar-refractivity contribution in [3.63, 3.8) is 0 Å². The Balaban J connectivity index is 2.22. The van der Waals surface area contributed by atoms with Crippen LogP contribution in [0.2, 0.25) is 0 Å². The molecular weight excluding hydrogens is 220 g/mol. The van der Waals surface area contributed by atoms with Crippen molar-refractivity contribution in [1.82, 2.24) is 10.3 Å². The van der Waals surface area contributed by atoms with Gasteiger partial charge in [-0.2, -0.15) is 0 Å². The van der Waals surface area contributed by atoms with Crippen LogP contribution in [0.15, 0.2) is 24.3 Å². The van der Waals surface area contributed by atoms with Crippen LogP contribution in [-0.4, -0.2) is 18.1 Å². The van der Waals surface area contributed by atoms with Crippen molar-refractivity contribution in [2.24, 2.45) is 0 Å². The van der Waals surface area contributed by atoms with Crippen LogP contribution in [0.4, 0.5) is 0 Å². The first-order valence-electron chi connectivity index (χ1n) is 6.88. The second kappa shape index (κ2) is 4.69. The van der Waals surface area contributed by atoms with E-state index < -0.39 is 0 Å². The van der Waals surface area contributed by atoms with Crippen molar-refractivity contribution in [2.45, 2.75) is 32.6 Å². The third-order valence-electron chi connectivity index (χ3n) is 3.78. The minimum absolute atomic E-state index is 0.531. The summed E-state index contributed by atoms with van der Waals surface area (Å²) < 4.78 is 0. The predicted octanol–water partition coefficient (Wildman–Crippen LogP) is 3.05. The predicted molar refractivity (Wildman–Crippen MR) is 76.1 cm³/mol. The van der Waals surface area contributed by atoms with Gasteiger partial charge in [-0.25, -0.2) is 0 Å². The molecule has 0 spiro atoms. The molecule has 0 aliphatic carbocycles. The molecule has 1 N–H and O–H groups in total. The van der Waals surface area contributed by atoms with Crippen LogP contribution in [0, 0.1) is 0 Å². The molecule has 0 bridgehead atoms. The Morgan fingerprint density at radius 2 is 2.00 bits per heavy atom. The Morgan fingerprint density at radius 3 is 2.83 bits per heavy atom.